The van der Waals surface area contributed by atoms with Gasteiger partial charge in [-0.2, -0.15) is 13.2 Å². The molecule has 0 spiro atoms. The van der Waals surface area contributed by atoms with Crippen LogP contribution in [0.15, 0.2) is 45.6 Å². The summed E-state index contributed by atoms with van der Waals surface area (Å²) in [6, 6.07) is 8.83. The Balaban J connectivity index is 1.82. The molecule has 7 nitrogen and oxygen atoms in total. The van der Waals surface area contributed by atoms with Crippen LogP contribution in [0.5, 0.6) is 11.5 Å². The maximum absolute atomic E-state index is 12.9. The van der Waals surface area contributed by atoms with Crippen LogP contribution >= 0.6 is 11.6 Å². The summed E-state index contributed by atoms with van der Waals surface area (Å²) in [5, 5.41) is 21.7. The van der Waals surface area contributed by atoms with E-state index in [-0.39, 0.29) is 35.3 Å². The highest BCUT2D eigenvalue weighted by Gasteiger charge is 2.45. The van der Waals surface area contributed by atoms with E-state index in [1.807, 2.05) is 0 Å². The van der Waals surface area contributed by atoms with Gasteiger partial charge in [0.1, 0.15) is 34.3 Å². The van der Waals surface area contributed by atoms with Gasteiger partial charge in [-0.3, -0.25) is 4.79 Å². The molecule has 0 unspecified atom stereocenters. The molecule has 1 saturated heterocycles. The van der Waals surface area contributed by atoms with Crippen LogP contribution < -0.4 is 5.43 Å². The molecule has 0 saturated carbocycles. The van der Waals surface area contributed by atoms with Gasteiger partial charge in [-0.25, -0.2) is 4.79 Å². The first-order valence-corrected chi connectivity index (χ1v) is 10.6. The number of likely N-dealkylation sites (tertiary alicyclic amines) is 1. The number of alkyl halides is 3. The van der Waals surface area contributed by atoms with E-state index >= 15 is 0 Å². The van der Waals surface area contributed by atoms with Gasteiger partial charge in [0.2, 0.25) is 0 Å². The van der Waals surface area contributed by atoms with Gasteiger partial charge >= 0.3 is 12.1 Å². The number of aromatic hydroxyl groups is 2. The molecule has 2 atom stereocenters. The van der Waals surface area contributed by atoms with E-state index in [2.05, 4.69) is 0 Å². The predicted molar refractivity (Wildman–Crippen MR) is 117 cm³/mol. The van der Waals surface area contributed by atoms with E-state index < -0.39 is 41.1 Å². The van der Waals surface area contributed by atoms with Gasteiger partial charge in [0.25, 0.3) is 0 Å². The minimum Gasteiger partial charge on any atom is -0.507 e. The summed E-state index contributed by atoms with van der Waals surface area (Å²) in [6.07, 6.45) is -6.37. The number of piperidine rings is 1. The maximum atomic E-state index is 12.9. The quantitative estimate of drug-likeness (QED) is 0.517. The molecule has 4 rings (SSSR count). The molecule has 0 amide bonds. The zero-order valence-electron chi connectivity index (χ0n) is 17.7. The summed E-state index contributed by atoms with van der Waals surface area (Å²) >= 11 is 6.17. The predicted octanol–water partition coefficient (Wildman–Crippen LogP) is 4.42. The van der Waals surface area contributed by atoms with Crippen molar-refractivity contribution in [3.8, 4) is 22.8 Å². The number of likely N-dealkylation sites (N-methyl/N-ethyl adjacent to an activating group) is 1. The number of esters is 1. The number of carbonyl (C=O) groups excluding carboxylic acids is 1. The fraction of sp³-hybridized carbons (Fsp3) is 0.304. The number of carbonyl (C=O) groups is 1. The van der Waals surface area contributed by atoms with Crippen LogP contribution in [0.25, 0.3) is 22.3 Å². The Kier molecular flexibility index (Phi) is 6.22. The largest absolute Gasteiger partial charge is 0.507 e. The third kappa shape index (κ3) is 4.43. The molecular weight excluding hydrogens is 479 g/mol. The summed E-state index contributed by atoms with van der Waals surface area (Å²) in [6.45, 7) is 0.325. The van der Waals surface area contributed by atoms with Crippen molar-refractivity contribution in [1.82, 2.24) is 4.90 Å². The maximum Gasteiger partial charge on any atom is 0.490 e. The van der Waals surface area contributed by atoms with E-state index in [9.17, 15) is 33.0 Å². The van der Waals surface area contributed by atoms with Crippen LogP contribution in [0.2, 0.25) is 5.02 Å². The second kappa shape index (κ2) is 8.84. The molecule has 180 valence electrons. The van der Waals surface area contributed by atoms with E-state index in [4.69, 9.17) is 20.8 Å². The number of fused-ring (bicyclic) bond motifs is 1. The SMILES string of the molecule is CN1CC[C@H](c2c(O)cc3oc(-c4ccccc4Cl)cc(=O)c3c2O)[C@H](OC(=O)C(F)(F)F)C1. The number of phenols is 2. The third-order valence-electron chi connectivity index (χ3n) is 5.77. The normalized spacial score (nSPS) is 19.3. The fourth-order valence-electron chi connectivity index (χ4n) is 4.19. The van der Waals surface area contributed by atoms with Crippen LogP contribution in [0.3, 0.4) is 0 Å². The van der Waals surface area contributed by atoms with Crippen LogP contribution in [-0.2, 0) is 9.53 Å². The number of hydrogen-bond donors (Lipinski definition) is 2. The molecule has 2 aromatic carbocycles. The molecule has 2 heterocycles. The van der Waals surface area contributed by atoms with Crippen LogP contribution in [-0.4, -0.2) is 53.5 Å². The first-order chi connectivity index (χ1) is 16.0. The Morgan fingerprint density at radius 1 is 1.24 bits per heavy atom. The zero-order chi connectivity index (χ0) is 24.8. The summed E-state index contributed by atoms with van der Waals surface area (Å²) in [5.74, 6) is -4.41. The second-order valence-corrected chi connectivity index (χ2v) is 8.49. The van der Waals surface area contributed by atoms with Gasteiger partial charge in [0, 0.05) is 35.7 Å². The molecule has 1 aromatic heterocycles. The summed E-state index contributed by atoms with van der Waals surface area (Å²) in [5.41, 5.74) is -0.552. The van der Waals surface area contributed by atoms with Gasteiger partial charge in [-0.05, 0) is 32.1 Å². The van der Waals surface area contributed by atoms with Gasteiger partial charge in [-0.1, -0.05) is 23.7 Å². The highest BCUT2D eigenvalue weighted by molar-refractivity contribution is 6.33. The molecule has 0 radical (unpaired) electrons. The van der Waals surface area contributed by atoms with Crippen molar-refractivity contribution >= 4 is 28.5 Å². The minimum absolute atomic E-state index is 0.0660. The lowest BCUT2D eigenvalue weighted by Crippen LogP contribution is -2.45. The molecule has 34 heavy (non-hydrogen) atoms. The Morgan fingerprint density at radius 3 is 2.62 bits per heavy atom. The van der Waals surface area contributed by atoms with Crippen molar-refractivity contribution in [3.63, 3.8) is 0 Å². The van der Waals surface area contributed by atoms with Crippen LogP contribution in [0.1, 0.15) is 17.9 Å². The van der Waals surface area contributed by atoms with Crippen molar-refractivity contribution in [2.24, 2.45) is 0 Å². The number of rotatable bonds is 3. The summed E-state index contributed by atoms with van der Waals surface area (Å²) < 4.78 is 48.8. The van der Waals surface area contributed by atoms with Crippen molar-refractivity contribution in [2.75, 3.05) is 20.1 Å². The second-order valence-electron chi connectivity index (χ2n) is 8.08. The van der Waals surface area contributed by atoms with Crippen molar-refractivity contribution in [3.05, 3.63) is 57.2 Å². The molecule has 11 heteroatoms. The molecule has 1 fully saturated rings. The van der Waals surface area contributed by atoms with Gasteiger partial charge in [-0.15, -0.1) is 0 Å². The standard InChI is InChI=1S/C23H19ClF3NO6/c1-28-7-6-12(18(10-28)34-22(32)23(25,26)27)19-14(29)9-17-20(21(19)31)15(30)8-16(33-17)11-4-2-3-5-13(11)24/h2-5,8-9,12,18,29,31H,6-7,10H2,1H3/t12-,18+/m0/s1. The summed E-state index contributed by atoms with van der Waals surface area (Å²) in [4.78, 5) is 26.0. The third-order valence-corrected chi connectivity index (χ3v) is 6.10. The Bertz CT molecular complexity index is 1320. The minimum atomic E-state index is -5.20. The average molecular weight is 498 g/mol. The lowest BCUT2D eigenvalue weighted by atomic mass is 9.85. The number of phenolic OH excluding ortho intramolecular Hbond substituents is 2. The zero-order valence-corrected chi connectivity index (χ0v) is 18.5. The number of ether oxygens (including phenoxy) is 1. The van der Waals surface area contributed by atoms with E-state index in [0.717, 1.165) is 12.1 Å². The molecular formula is C23H19ClF3NO6. The first-order valence-electron chi connectivity index (χ1n) is 10.2. The molecule has 3 aromatic rings. The van der Waals surface area contributed by atoms with E-state index in [1.165, 1.54) is 0 Å². The van der Waals surface area contributed by atoms with Crippen molar-refractivity contribution in [1.29, 1.82) is 0 Å². The lowest BCUT2D eigenvalue weighted by molar-refractivity contribution is -0.207. The number of benzene rings is 2. The van der Waals surface area contributed by atoms with Gasteiger partial charge in [0.05, 0.1) is 5.02 Å². The van der Waals surface area contributed by atoms with E-state index in [0.29, 0.717) is 17.1 Å². The highest BCUT2D eigenvalue weighted by atomic mass is 35.5. The monoisotopic (exact) mass is 497 g/mol. The van der Waals surface area contributed by atoms with E-state index in [1.54, 1.807) is 36.2 Å². The average Bonchev–Trinajstić information content (AvgIpc) is 2.74. The summed E-state index contributed by atoms with van der Waals surface area (Å²) in [7, 11) is 1.63. The number of halogens is 4. The van der Waals surface area contributed by atoms with Gasteiger partial charge in [0.15, 0.2) is 5.43 Å². The molecule has 2 N–H and O–H groups in total. The van der Waals surface area contributed by atoms with Crippen LogP contribution in [0, 0.1) is 0 Å². The fourth-order valence-corrected chi connectivity index (χ4v) is 4.42. The number of nitrogens with zero attached hydrogens (tertiary/aromatic N) is 1. The smallest absolute Gasteiger partial charge is 0.490 e. The molecule has 0 bridgehead atoms. The Morgan fingerprint density at radius 2 is 1.94 bits per heavy atom. The number of hydrogen-bond acceptors (Lipinski definition) is 7. The Hall–Kier alpha value is -3.24. The van der Waals surface area contributed by atoms with Crippen molar-refractivity contribution < 1.29 is 37.3 Å². The molecule has 1 aliphatic rings. The van der Waals surface area contributed by atoms with Crippen molar-refractivity contribution in [2.45, 2.75) is 24.6 Å². The first kappa shape index (κ1) is 23.9. The molecule has 0 aliphatic carbocycles. The lowest BCUT2D eigenvalue weighted by Gasteiger charge is -2.37. The Labute approximate surface area is 195 Å². The highest BCUT2D eigenvalue weighted by Crippen LogP contribution is 2.44. The topological polar surface area (TPSA) is 100 Å². The van der Waals surface area contributed by atoms with Crippen LogP contribution in [0.4, 0.5) is 13.2 Å². The van der Waals surface area contributed by atoms with Gasteiger partial charge < -0.3 is 24.3 Å². The molecule has 1 aliphatic heterocycles.